The van der Waals surface area contributed by atoms with Crippen LogP contribution in [-0.2, 0) is 16.6 Å². The van der Waals surface area contributed by atoms with Gasteiger partial charge in [-0.15, -0.1) is 0 Å². The molecule has 2 aromatic rings. The second-order valence-corrected chi connectivity index (χ2v) is 6.84. The molecule has 0 radical (unpaired) electrons. The third-order valence-electron chi connectivity index (χ3n) is 3.03. The molecule has 0 bridgehead atoms. The van der Waals surface area contributed by atoms with Gasteiger partial charge in [-0.1, -0.05) is 0 Å². The summed E-state index contributed by atoms with van der Waals surface area (Å²) in [5.74, 6) is -9.33. The molecule has 1 amide bonds. The number of hydrogen-bond acceptors (Lipinski definition) is 4. The monoisotopic (exact) mass is 395 g/mol. The lowest BCUT2D eigenvalue weighted by Gasteiger charge is -2.11. The molecule has 0 unspecified atom stereocenters. The SMILES string of the molecule is CS(=O)(=O)NC(=O)c1cc(F)c(COc2c(F)ccc(F)c2F)cc1F. The van der Waals surface area contributed by atoms with E-state index in [2.05, 4.69) is 4.74 Å². The first-order valence-electron chi connectivity index (χ1n) is 6.76. The van der Waals surface area contributed by atoms with Crippen molar-refractivity contribution in [1.82, 2.24) is 4.72 Å². The summed E-state index contributed by atoms with van der Waals surface area (Å²) in [5, 5.41) is 0. The van der Waals surface area contributed by atoms with Crippen LogP contribution in [0.25, 0.3) is 0 Å². The van der Waals surface area contributed by atoms with Gasteiger partial charge in [0.1, 0.15) is 18.2 Å². The number of ether oxygens (including phenoxy) is 1. The van der Waals surface area contributed by atoms with Crippen LogP contribution in [0.5, 0.6) is 5.75 Å². The van der Waals surface area contributed by atoms with Gasteiger partial charge in [-0.25, -0.2) is 30.7 Å². The Morgan fingerprint density at radius 2 is 1.62 bits per heavy atom. The summed E-state index contributed by atoms with van der Waals surface area (Å²) in [5.41, 5.74) is -1.44. The molecule has 11 heteroatoms. The van der Waals surface area contributed by atoms with E-state index >= 15 is 0 Å². The van der Waals surface area contributed by atoms with E-state index in [4.69, 9.17) is 0 Å². The number of nitrogens with one attached hydrogen (secondary N) is 1. The Bertz CT molecular complexity index is 978. The quantitative estimate of drug-likeness (QED) is 0.624. The molecule has 0 aliphatic rings. The van der Waals surface area contributed by atoms with E-state index < -0.39 is 68.5 Å². The smallest absolute Gasteiger partial charge is 0.267 e. The molecule has 0 aliphatic heterocycles. The minimum absolute atomic E-state index is 0.396. The van der Waals surface area contributed by atoms with Crippen molar-refractivity contribution in [2.45, 2.75) is 6.61 Å². The predicted octanol–water partition coefficient (Wildman–Crippen LogP) is 2.65. The van der Waals surface area contributed by atoms with Crippen molar-refractivity contribution in [3.63, 3.8) is 0 Å². The minimum atomic E-state index is -4.00. The van der Waals surface area contributed by atoms with Gasteiger partial charge in [-0.05, 0) is 24.3 Å². The van der Waals surface area contributed by atoms with E-state index in [0.717, 1.165) is 0 Å². The molecule has 5 nitrogen and oxygen atoms in total. The average molecular weight is 395 g/mol. The largest absolute Gasteiger partial charge is 0.483 e. The van der Waals surface area contributed by atoms with Crippen LogP contribution < -0.4 is 9.46 Å². The summed E-state index contributed by atoms with van der Waals surface area (Å²) >= 11 is 0. The normalized spacial score (nSPS) is 11.3. The molecular weight excluding hydrogens is 385 g/mol. The Morgan fingerprint density at radius 1 is 1.00 bits per heavy atom. The molecule has 0 fully saturated rings. The molecule has 1 N–H and O–H groups in total. The minimum Gasteiger partial charge on any atom is -0.483 e. The fourth-order valence-electron chi connectivity index (χ4n) is 1.89. The lowest BCUT2D eigenvalue weighted by molar-refractivity contribution is 0.0977. The third kappa shape index (κ3) is 4.48. The number of rotatable bonds is 5. The summed E-state index contributed by atoms with van der Waals surface area (Å²) in [6.45, 7) is -0.881. The first-order valence-corrected chi connectivity index (χ1v) is 8.65. The van der Waals surface area contributed by atoms with Crippen molar-refractivity contribution in [2.24, 2.45) is 0 Å². The standard InChI is InChI=1S/C15H10F5NO4S/c1-26(23,24)21-15(22)8-5-11(18)7(4-12(8)19)6-25-14-10(17)3-2-9(16)13(14)20/h2-5H,6H2,1H3,(H,21,22). The van der Waals surface area contributed by atoms with Crippen LogP contribution in [0.4, 0.5) is 22.0 Å². The molecule has 0 aliphatic carbocycles. The van der Waals surface area contributed by atoms with Crippen molar-refractivity contribution in [1.29, 1.82) is 0 Å². The highest BCUT2D eigenvalue weighted by atomic mass is 32.2. The average Bonchev–Trinajstić information content (AvgIpc) is 2.52. The summed E-state index contributed by atoms with van der Waals surface area (Å²) in [4.78, 5) is 11.6. The molecule has 0 aromatic heterocycles. The third-order valence-corrected chi connectivity index (χ3v) is 3.59. The van der Waals surface area contributed by atoms with Crippen LogP contribution >= 0.6 is 0 Å². The highest BCUT2D eigenvalue weighted by Gasteiger charge is 2.20. The van der Waals surface area contributed by atoms with Gasteiger partial charge in [0.25, 0.3) is 5.91 Å². The molecule has 0 spiro atoms. The van der Waals surface area contributed by atoms with Crippen LogP contribution in [0.3, 0.4) is 0 Å². The van der Waals surface area contributed by atoms with Crippen LogP contribution in [0.15, 0.2) is 24.3 Å². The maximum absolute atomic E-state index is 14.0. The Morgan fingerprint density at radius 3 is 2.23 bits per heavy atom. The Hall–Kier alpha value is -2.69. The van der Waals surface area contributed by atoms with Gasteiger partial charge in [0.15, 0.2) is 17.4 Å². The molecule has 0 saturated carbocycles. The van der Waals surface area contributed by atoms with E-state index in [1.54, 1.807) is 0 Å². The van der Waals surface area contributed by atoms with E-state index in [1.165, 1.54) is 4.72 Å². The van der Waals surface area contributed by atoms with E-state index in [9.17, 15) is 35.2 Å². The van der Waals surface area contributed by atoms with Crippen LogP contribution in [0, 0.1) is 29.1 Å². The number of carbonyl (C=O) groups excluding carboxylic acids is 1. The summed E-state index contributed by atoms with van der Waals surface area (Å²) in [7, 11) is -4.00. The van der Waals surface area contributed by atoms with Gasteiger partial charge in [0, 0.05) is 5.56 Å². The number of benzene rings is 2. The van der Waals surface area contributed by atoms with Crippen molar-refractivity contribution < 1.29 is 39.9 Å². The van der Waals surface area contributed by atoms with Gasteiger partial charge < -0.3 is 4.74 Å². The number of hydrogen-bond donors (Lipinski definition) is 1. The second-order valence-electron chi connectivity index (χ2n) is 5.09. The maximum Gasteiger partial charge on any atom is 0.267 e. The molecule has 2 aromatic carbocycles. The second kappa shape index (κ2) is 7.28. The number of halogens is 5. The Balaban J connectivity index is 2.26. The fourth-order valence-corrected chi connectivity index (χ4v) is 2.33. The lowest BCUT2D eigenvalue weighted by Crippen LogP contribution is -2.30. The van der Waals surface area contributed by atoms with E-state index in [-0.39, 0.29) is 0 Å². The summed E-state index contributed by atoms with van der Waals surface area (Å²) in [6, 6.07) is 1.99. The van der Waals surface area contributed by atoms with Gasteiger partial charge in [0.2, 0.25) is 15.8 Å². The van der Waals surface area contributed by atoms with Crippen molar-refractivity contribution >= 4 is 15.9 Å². The van der Waals surface area contributed by atoms with Crippen LogP contribution in [0.1, 0.15) is 15.9 Å². The van der Waals surface area contributed by atoms with Crippen molar-refractivity contribution in [2.75, 3.05) is 6.26 Å². The zero-order valence-electron chi connectivity index (χ0n) is 12.9. The maximum atomic E-state index is 14.0. The van der Waals surface area contributed by atoms with Gasteiger partial charge in [0.05, 0.1) is 11.8 Å². The Kier molecular flexibility index (Phi) is 5.50. The number of carbonyl (C=O) groups is 1. The van der Waals surface area contributed by atoms with Crippen molar-refractivity contribution in [3.8, 4) is 5.75 Å². The van der Waals surface area contributed by atoms with Crippen LogP contribution in [0.2, 0.25) is 0 Å². The molecular formula is C15H10F5NO4S. The molecule has 140 valence electrons. The predicted molar refractivity (Wildman–Crippen MR) is 79.3 cm³/mol. The molecule has 26 heavy (non-hydrogen) atoms. The van der Waals surface area contributed by atoms with Gasteiger partial charge >= 0.3 is 0 Å². The number of amides is 1. The Labute approximate surface area is 144 Å². The first-order chi connectivity index (χ1) is 12.0. The lowest BCUT2D eigenvalue weighted by atomic mass is 10.1. The zero-order chi connectivity index (χ0) is 19.6. The van der Waals surface area contributed by atoms with Crippen molar-refractivity contribution in [3.05, 3.63) is 64.5 Å². The highest BCUT2D eigenvalue weighted by molar-refractivity contribution is 7.89. The first kappa shape index (κ1) is 19.6. The van der Waals surface area contributed by atoms with Crippen LogP contribution in [-0.4, -0.2) is 20.6 Å². The zero-order valence-corrected chi connectivity index (χ0v) is 13.8. The molecule has 0 heterocycles. The van der Waals surface area contributed by atoms with E-state index in [0.29, 0.717) is 30.5 Å². The van der Waals surface area contributed by atoms with Gasteiger partial charge in [-0.2, -0.15) is 4.39 Å². The van der Waals surface area contributed by atoms with Gasteiger partial charge in [-0.3, -0.25) is 4.79 Å². The topological polar surface area (TPSA) is 72.5 Å². The highest BCUT2D eigenvalue weighted by Crippen LogP contribution is 2.25. The summed E-state index contributed by atoms with van der Waals surface area (Å²) < 4.78 is 95.9. The summed E-state index contributed by atoms with van der Waals surface area (Å²) in [6.07, 6.45) is 0.642. The molecule has 0 atom stereocenters. The fraction of sp³-hybridized carbons (Fsp3) is 0.133. The molecule has 0 saturated heterocycles. The van der Waals surface area contributed by atoms with E-state index in [1.807, 2.05) is 0 Å². The number of sulfonamides is 1. The molecule has 2 rings (SSSR count).